The molecule has 0 aliphatic carbocycles. The zero-order chi connectivity index (χ0) is 15.8. The SMILES string of the molecule is COCCN(CC(C)C)C(=O)c1ccccc1NC(C)C. The summed E-state index contributed by atoms with van der Waals surface area (Å²) in [5.74, 6) is 0.487. The van der Waals surface area contributed by atoms with E-state index in [4.69, 9.17) is 4.74 Å². The lowest BCUT2D eigenvalue weighted by Gasteiger charge is -2.26. The molecule has 0 saturated heterocycles. The summed E-state index contributed by atoms with van der Waals surface area (Å²) in [5.41, 5.74) is 1.62. The fraction of sp³-hybridized carbons (Fsp3) is 0.588. The number of amides is 1. The number of carbonyl (C=O) groups is 1. The van der Waals surface area contributed by atoms with Crippen LogP contribution in [0.4, 0.5) is 5.69 Å². The Morgan fingerprint density at radius 1 is 1.24 bits per heavy atom. The molecule has 0 aliphatic rings. The summed E-state index contributed by atoms with van der Waals surface area (Å²) < 4.78 is 5.13. The quantitative estimate of drug-likeness (QED) is 0.799. The van der Waals surface area contributed by atoms with E-state index >= 15 is 0 Å². The number of rotatable bonds is 8. The third-order valence-corrected chi connectivity index (χ3v) is 3.04. The molecular formula is C17H28N2O2. The van der Waals surface area contributed by atoms with Crippen LogP contribution in [0.25, 0.3) is 0 Å². The molecule has 0 heterocycles. The Labute approximate surface area is 128 Å². The van der Waals surface area contributed by atoms with Gasteiger partial charge in [0.15, 0.2) is 0 Å². The molecular weight excluding hydrogens is 264 g/mol. The van der Waals surface area contributed by atoms with Crippen LogP contribution in [0.2, 0.25) is 0 Å². The Morgan fingerprint density at radius 2 is 1.90 bits per heavy atom. The van der Waals surface area contributed by atoms with Crippen LogP contribution in [0, 0.1) is 5.92 Å². The second-order valence-electron chi connectivity index (χ2n) is 5.98. The normalized spacial score (nSPS) is 11.0. The molecule has 4 heteroatoms. The van der Waals surface area contributed by atoms with Crippen LogP contribution in [-0.4, -0.2) is 43.7 Å². The minimum Gasteiger partial charge on any atom is -0.383 e. The lowest BCUT2D eigenvalue weighted by Crippen LogP contribution is -2.37. The molecule has 0 atom stereocenters. The van der Waals surface area contributed by atoms with Crippen LogP contribution in [-0.2, 0) is 4.74 Å². The van der Waals surface area contributed by atoms with Crippen molar-refractivity contribution in [2.24, 2.45) is 5.92 Å². The molecule has 0 bridgehead atoms. The van der Waals surface area contributed by atoms with E-state index in [1.165, 1.54) is 0 Å². The summed E-state index contributed by atoms with van der Waals surface area (Å²) in [6, 6.07) is 7.98. The molecule has 0 aliphatic heterocycles. The fourth-order valence-corrected chi connectivity index (χ4v) is 2.19. The summed E-state index contributed by atoms with van der Waals surface area (Å²) in [5, 5.41) is 3.34. The Hall–Kier alpha value is -1.55. The van der Waals surface area contributed by atoms with Crippen molar-refractivity contribution < 1.29 is 9.53 Å². The van der Waals surface area contributed by atoms with Gasteiger partial charge in [-0.05, 0) is 31.9 Å². The van der Waals surface area contributed by atoms with E-state index in [1.54, 1.807) is 7.11 Å². The standard InChI is InChI=1S/C17H28N2O2/c1-13(2)12-19(10-11-21-5)17(20)15-8-6-7-9-16(15)18-14(3)4/h6-9,13-14,18H,10-12H2,1-5H3. The van der Waals surface area contributed by atoms with Gasteiger partial charge in [0.05, 0.1) is 12.2 Å². The monoisotopic (exact) mass is 292 g/mol. The highest BCUT2D eigenvalue weighted by atomic mass is 16.5. The first-order valence-electron chi connectivity index (χ1n) is 7.59. The topological polar surface area (TPSA) is 41.6 Å². The van der Waals surface area contributed by atoms with Gasteiger partial charge in [0.2, 0.25) is 0 Å². The number of benzene rings is 1. The van der Waals surface area contributed by atoms with E-state index in [0.29, 0.717) is 19.1 Å². The maximum atomic E-state index is 12.8. The van der Waals surface area contributed by atoms with Crippen LogP contribution < -0.4 is 5.32 Å². The maximum Gasteiger partial charge on any atom is 0.256 e. The zero-order valence-corrected chi connectivity index (χ0v) is 13.8. The Morgan fingerprint density at radius 3 is 2.48 bits per heavy atom. The molecule has 4 nitrogen and oxygen atoms in total. The molecule has 21 heavy (non-hydrogen) atoms. The van der Waals surface area contributed by atoms with Crippen molar-refractivity contribution in [1.82, 2.24) is 4.90 Å². The molecule has 0 fully saturated rings. The number of para-hydroxylation sites is 1. The molecule has 118 valence electrons. The fourth-order valence-electron chi connectivity index (χ4n) is 2.19. The van der Waals surface area contributed by atoms with Crippen molar-refractivity contribution in [1.29, 1.82) is 0 Å². The van der Waals surface area contributed by atoms with E-state index in [1.807, 2.05) is 29.2 Å². The van der Waals surface area contributed by atoms with Crippen LogP contribution >= 0.6 is 0 Å². The first-order chi connectivity index (χ1) is 9.95. The summed E-state index contributed by atoms with van der Waals surface area (Å²) >= 11 is 0. The predicted molar refractivity (Wildman–Crippen MR) is 87.8 cm³/mol. The first kappa shape index (κ1) is 17.5. The van der Waals surface area contributed by atoms with Gasteiger partial charge >= 0.3 is 0 Å². The number of carbonyl (C=O) groups excluding carboxylic acids is 1. The van der Waals surface area contributed by atoms with Crippen LogP contribution in [0.1, 0.15) is 38.1 Å². The van der Waals surface area contributed by atoms with Crippen LogP contribution in [0.5, 0.6) is 0 Å². The smallest absolute Gasteiger partial charge is 0.256 e. The Bertz CT molecular complexity index is 444. The van der Waals surface area contributed by atoms with E-state index in [9.17, 15) is 4.79 Å². The number of nitrogens with zero attached hydrogens (tertiary/aromatic N) is 1. The van der Waals surface area contributed by atoms with Gasteiger partial charge in [-0.25, -0.2) is 0 Å². The number of nitrogens with one attached hydrogen (secondary N) is 1. The van der Waals surface area contributed by atoms with Gasteiger partial charge in [-0.15, -0.1) is 0 Å². The molecule has 0 spiro atoms. The molecule has 1 amide bonds. The molecule has 1 N–H and O–H groups in total. The lowest BCUT2D eigenvalue weighted by molar-refractivity contribution is 0.0673. The predicted octanol–water partition coefficient (Wildman–Crippen LogP) is 3.25. The lowest BCUT2D eigenvalue weighted by atomic mass is 10.1. The molecule has 1 rings (SSSR count). The van der Waals surface area contributed by atoms with E-state index in [-0.39, 0.29) is 11.9 Å². The molecule has 1 aromatic rings. The zero-order valence-electron chi connectivity index (χ0n) is 13.8. The summed E-state index contributed by atoms with van der Waals surface area (Å²) in [6.45, 7) is 10.3. The third kappa shape index (κ3) is 5.76. The Balaban J connectivity index is 2.96. The van der Waals surface area contributed by atoms with E-state index in [2.05, 4.69) is 33.0 Å². The number of ether oxygens (including phenoxy) is 1. The molecule has 0 radical (unpaired) electrons. The number of anilines is 1. The molecule has 0 unspecified atom stereocenters. The highest BCUT2D eigenvalue weighted by Crippen LogP contribution is 2.19. The minimum atomic E-state index is 0.0597. The number of hydrogen-bond acceptors (Lipinski definition) is 3. The van der Waals surface area contributed by atoms with E-state index in [0.717, 1.165) is 17.8 Å². The van der Waals surface area contributed by atoms with Gasteiger partial charge in [-0.3, -0.25) is 4.79 Å². The molecule has 0 saturated carbocycles. The number of methoxy groups -OCH3 is 1. The van der Waals surface area contributed by atoms with Crippen molar-refractivity contribution in [2.75, 3.05) is 32.1 Å². The summed E-state index contributed by atoms with van der Waals surface area (Å²) in [6.07, 6.45) is 0. The van der Waals surface area contributed by atoms with Crippen molar-refractivity contribution in [2.45, 2.75) is 33.7 Å². The average Bonchev–Trinajstić information content (AvgIpc) is 2.42. The van der Waals surface area contributed by atoms with Gasteiger partial charge in [0.25, 0.3) is 5.91 Å². The average molecular weight is 292 g/mol. The van der Waals surface area contributed by atoms with Gasteiger partial charge in [0.1, 0.15) is 0 Å². The van der Waals surface area contributed by atoms with Crippen molar-refractivity contribution in [3.63, 3.8) is 0 Å². The summed E-state index contributed by atoms with van der Waals surface area (Å²) in [7, 11) is 1.66. The Kier molecular flexibility index (Phi) is 7.23. The van der Waals surface area contributed by atoms with Crippen molar-refractivity contribution in [3.8, 4) is 0 Å². The van der Waals surface area contributed by atoms with Gasteiger partial charge in [-0.2, -0.15) is 0 Å². The largest absolute Gasteiger partial charge is 0.383 e. The first-order valence-corrected chi connectivity index (χ1v) is 7.59. The van der Waals surface area contributed by atoms with Gasteiger partial charge in [0, 0.05) is 31.9 Å². The maximum absolute atomic E-state index is 12.8. The van der Waals surface area contributed by atoms with E-state index < -0.39 is 0 Å². The van der Waals surface area contributed by atoms with Gasteiger partial charge < -0.3 is 15.0 Å². The molecule has 0 aromatic heterocycles. The highest BCUT2D eigenvalue weighted by Gasteiger charge is 2.19. The second-order valence-corrected chi connectivity index (χ2v) is 5.98. The highest BCUT2D eigenvalue weighted by molar-refractivity contribution is 5.99. The van der Waals surface area contributed by atoms with Gasteiger partial charge in [-0.1, -0.05) is 26.0 Å². The second kappa shape index (κ2) is 8.67. The van der Waals surface area contributed by atoms with Crippen LogP contribution in [0.3, 0.4) is 0 Å². The molecule has 1 aromatic carbocycles. The number of hydrogen-bond donors (Lipinski definition) is 1. The van der Waals surface area contributed by atoms with Crippen molar-refractivity contribution >= 4 is 11.6 Å². The summed E-state index contributed by atoms with van der Waals surface area (Å²) in [4.78, 5) is 14.7. The van der Waals surface area contributed by atoms with Crippen molar-refractivity contribution in [3.05, 3.63) is 29.8 Å². The third-order valence-electron chi connectivity index (χ3n) is 3.04. The van der Waals surface area contributed by atoms with Crippen LogP contribution in [0.15, 0.2) is 24.3 Å². The minimum absolute atomic E-state index is 0.0597.